The minimum atomic E-state index is -1.42. The summed E-state index contributed by atoms with van der Waals surface area (Å²) in [7, 11) is 0. The monoisotopic (exact) mass is 397 g/mol. The van der Waals surface area contributed by atoms with E-state index in [0.717, 1.165) is 12.8 Å². The number of hydrogen-bond donors (Lipinski definition) is 3. The number of carboxylic acids is 3. The van der Waals surface area contributed by atoms with Crippen molar-refractivity contribution in [1.82, 2.24) is 0 Å². The van der Waals surface area contributed by atoms with Crippen molar-refractivity contribution in [1.29, 1.82) is 0 Å². The van der Waals surface area contributed by atoms with Crippen molar-refractivity contribution >= 4 is 17.9 Å². The summed E-state index contributed by atoms with van der Waals surface area (Å²) < 4.78 is 0. The van der Waals surface area contributed by atoms with Crippen LogP contribution in [0.25, 0.3) is 0 Å². The van der Waals surface area contributed by atoms with E-state index >= 15 is 0 Å². The molecule has 0 amide bonds. The molecule has 0 aliphatic rings. The van der Waals surface area contributed by atoms with E-state index < -0.39 is 23.9 Å². The fourth-order valence-electron chi connectivity index (χ4n) is 2.34. The SMILES string of the molecule is CCCCCCCCCCCCCC(=O)O.N[C@@H](CCC(=O)O)C(=O)[O-].[Na+]. The van der Waals surface area contributed by atoms with E-state index in [1.54, 1.807) is 0 Å². The third-order valence-electron chi connectivity index (χ3n) is 3.97. The van der Waals surface area contributed by atoms with Crippen LogP contribution in [0, 0.1) is 0 Å². The van der Waals surface area contributed by atoms with Gasteiger partial charge in [0.05, 0.1) is 5.97 Å². The maximum atomic E-state index is 10.3. The second-order valence-corrected chi connectivity index (χ2v) is 6.54. The predicted octanol–water partition coefficient (Wildman–Crippen LogP) is -0.295. The average molecular weight is 397 g/mol. The summed E-state index contributed by atoms with van der Waals surface area (Å²) in [5, 5.41) is 26.4. The van der Waals surface area contributed by atoms with Crippen LogP contribution >= 0.6 is 0 Å². The van der Waals surface area contributed by atoms with Gasteiger partial charge in [-0.3, -0.25) is 9.59 Å². The minimum absolute atomic E-state index is 0. The Kier molecular flexibility index (Phi) is 26.9. The average Bonchev–Trinajstić information content (AvgIpc) is 2.57. The molecular weight excluding hydrogens is 361 g/mol. The Bertz CT molecular complexity index is 379. The normalized spacial score (nSPS) is 10.9. The second kappa shape index (κ2) is 23.4. The van der Waals surface area contributed by atoms with E-state index in [1.807, 2.05) is 0 Å². The molecule has 0 bridgehead atoms. The molecule has 0 aromatic rings. The third-order valence-corrected chi connectivity index (χ3v) is 3.97. The van der Waals surface area contributed by atoms with Gasteiger partial charge >= 0.3 is 41.5 Å². The molecule has 1 atom stereocenters. The first-order valence-electron chi connectivity index (χ1n) is 9.71. The van der Waals surface area contributed by atoms with Crippen molar-refractivity contribution in [2.75, 3.05) is 0 Å². The van der Waals surface area contributed by atoms with E-state index in [-0.39, 0.29) is 42.4 Å². The van der Waals surface area contributed by atoms with Crippen molar-refractivity contribution in [3.05, 3.63) is 0 Å². The van der Waals surface area contributed by atoms with Crippen LogP contribution in [0.4, 0.5) is 0 Å². The molecule has 0 radical (unpaired) electrons. The molecule has 27 heavy (non-hydrogen) atoms. The molecule has 0 aromatic heterocycles. The number of carboxylic acid groups (broad SMARTS) is 3. The molecule has 8 heteroatoms. The van der Waals surface area contributed by atoms with E-state index in [9.17, 15) is 19.5 Å². The van der Waals surface area contributed by atoms with Gasteiger partial charge in [0.2, 0.25) is 0 Å². The van der Waals surface area contributed by atoms with E-state index in [2.05, 4.69) is 6.92 Å². The van der Waals surface area contributed by atoms with Crippen LogP contribution in [0.15, 0.2) is 0 Å². The maximum Gasteiger partial charge on any atom is 1.00 e. The van der Waals surface area contributed by atoms with Crippen LogP contribution in [-0.2, 0) is 14.4 Å². The number of aliphatic carboxylic acids is 3. The zero-order valence-corrected chi connectivity index (χ0v) is 19.1. The Morgan fingerprint density at radius 1 is 0.778 bits per heavy atom. The number of hydrogen-bond acceptors (Lipinski definition) is 5. The zero-order chi connectivity index (χ0) is 20.2. The van der Waals surface area contributed by atoms with Gasteiger partial charge in [0.1, 0.15) is 0 Å². The molecule has 0 unspecified atom stereocenters. The summed E-state index contributed by atoms with van der Waals surface area (Å²) in [6.07, 6.45) is 14.0. The largest absolute Gasteiger partial charge is 1.00 e. The Labute approximate surface area is 185 Å². The van der Waals surface area contributed by atoms with Gasteiger partial charge in [-0.1, -0.05) is 71.1 Å². The van der Waals surface area contributed by atoms with Crippen molar-refractivity contribution in [2.24, 2.45) is 5.73 Å². The van der Waals surface area contributed by atoms with Gasteiger partial charge in [-0.05, 0) is 12.8 Å². The molecule has 0 aromatic carbocycles. The topological polar surface area (TPSA) is 141 Å². The first kappa shape index (κ1) is 31.1. The van der Waals surface area contributed by atoms with Crippen LogP contribution in [0.5, 0.6) is 0 Å². The summed E-state index contributed by atoms with van der Waals surface area (Å²) in [6, 6.07) is -1.17. The van der Waals surface area contributed by atoms with Crippen LogP contribution < -0.4 is 40.4 Å². The van der Waals surface area contributed by atoms with Gasteiger partial charge in [0.25, 0.3) is 0 Å². The fraction of sp³-hybridized carbons (Fsp3) is 0.842. The summed E-state index contributed by atoms with van der Waals surface area (Å²) in [4.78, 5) is 30.0. The molecule has 0 fully saturated rings. The Hall–Kier alpha value is -0.630. The third kappa shape index (κ3) is 30.3. The van der Waals surface area contributed by atoms with Gasteiger partial charge in [0.15, 0.2) is 0 Å². The van der Waals surface area contributed by atoms with Crippen LogP contribution in [0.1, 0.15) is 96.8 Å². The number of nitrogens with two attached hydrogens (primary N) is 1. The number of carbonyl (C=O) groups excluding carboxylic acids is 1. The molecule has 0 aliphatic carbocycles. The summed E-state index contributed by atoms with van der Waals surface area (Å²) in [6.45, 7) is 2.25. The quantitative estimate of drug-likeness (QED) is 0.240. The smallest absolute Gasteiger partial charge is 0.548 e. The van der Waals surface area contributed by atoms with Crippen molar-refractivity contribution in [2.45, 2.75) is 103 Å². The van der Waals surface area contributed by atoms with Crippen LogP contribution in [0.3, 0.4) is 0 Å². The van der Waals surface area contributed by atoms with Crippen LogP contribution in [-0.4, -0.2) is 34.2 Å². The number of carbonyl (C=O) groups is 3. The van der Waals surface area contributed by atoms with E-state index in [1.165, 1.54) is 57.8 Å². The van der Waals surface area contributed by atoms with Crippen LogP contribution in [0.2, 0.25) is 0 Å². The molecule has 4 N–H and O–H groups in total. The molecule has 0 aliphatic heterocycles. The maximum absolute atomic E-state index is 10.3. The molecule has 0 spiro atoms. The van der Waals surface area contributed by atoms with E-state index in [0.29, 0.717) is 6.42 Å². The fourth-order valence-corrected chi connectivity index (χ4v) is 2.34. The first-order chi connectivity index (χ1) is 12.3. The number of rotatable bonds is 16. The Morgan fingerprint density at radius 2 is 1.15 bits per heavy atom. The Balaban J connectivity index is -0.000000454. The van der Waals surface area contributed by atoms with Gasteiger partial charge in [0, 0.05) is 18.9 Å². The van der Waals surface area contributed by atoms with Crippen molar-refractivity contribution < 1.29 is 59.3 Å². The zero-order valence-electron chi connectivity index (χ0n) is 17.1. The first-order valence-corrected chi connectivity index (χ1v) is 9.71. The van der Waals surface area contributed by atoms with Gasteiger partial charge < -0.3 is 25.8 Å². The minimum Gasteiger partial charge on any atom is -0.548 e. The molecule has 7 nitrogen and oxygen atoms in total. The summed E-state index contributed by atoms with van der Waals surface area (Å²) in [5.74, 6) is -3.13. The molecule has 0 rings (SSSR count). The number of unbranched alkanes of at least 4 members (excludes halogenated alkanes) is 10. The molecule has 154 valence electrons. The summed E-state index contributed by atoms with van der Waals surface area (Å²) in [5.41, 5.74) is 4.94. The summed E-state index contributed by atoms with van der Waals surface area (Å²) >= 11 is 0. The van der Waals surface area contributed by atoms with Gasteiger partial charge in [-0.25, -0.2) is 0 Å². The van der Waals surface area contributed by atoms with Gasteiger partial charge in [-0.15, -0.1) is 0 Å². The molecule has 0 saturated heterocycles. The van der Waals surface area contributed by atoms with E-state index in [4.69, 9.17) is 15.9 Å². The molecule has 0 saturated carbocycles. The molecular formula is C19H36NNaO6. The standard InChI is InChI=1S/C14H28O2.C5H9NO4.Na/c1-2-3-4-5-6-7-8-9-10-11-12-13-14(15)16;6-3(5(9)10)1-2-4(7)8;/h2-13H2,1H3,(H,15,16);3H,1-2,6H2,(H,7,8)(H,9,10);/q;;+1/p-1/t;3-;/m.0./s1. The van der Waals surface area contributed by atoms with Crippen molar-refractivity contribution in [3.63, 3.8) is 0 Å². The predicted molar refractivity (Wildman–Crippen MR) is 98.6 cm³/mol. The second-order valence-electron chi connectivity index (χ2n) is 6.54. The molecule has 0 heterocycles. The van der Waals surface area contributed by atoms with Crippen molar-refractivity contribution in [3.8, 4) is 0 Å². The van der Waals surface area contributed by atoms with Gasteiger partial charge in [-0.2, -0.15) is 0 Å². The Morgan fingerprint density at radius 3 is 1.48 bits per heavy atom.